The normalized spacial score (nSPS) is 18.8. The van der Waals surface area contributed by atoms with Crippen LogP contribution in [0.25, 0.3) is 0 Å². The van der Waals surface area contributed by atoms with E-state index in [-0.39, 0.29) is 17.0 Å². The highest BCUT2D eigenvalue weighted by Gasteiger charge is 2.37. The standard InChI is InChI=1S/C20H19BrFN3OS/c1-2-3-18-19(26)25(13-15-6-10-17(22)11-7-15)20(27-18)24-23-12-14-4-8-16(21)9-5-14/h4-12,18H,2-3,13H2,1H3. The van der Waals surface area contributed by atoms with Crippen molar-refractivity contribution in [1.29, 1.82) is 0 Å². The monoisotopic (exact) mass is 447 g/mol. The fraction of sp³-hybridized carbons (Fsp3) is 0.250. The average Bonchev–Trinajstić information content (AvgIpc) is 2.94. The van der Waals surface area contributed by atoms with E-state index in [1.54, 1.807) is 23.2 Å². The van der Waals surface area contributed by atoms with E-state index in [1.807, 2.05) is 24.3 Å². The van der Waals surface area contributed by atoms with Crippen LogP contribution in [0.15, 0.2) is 63.2 Å². The Morgan fingerprint density at radius 1 is 1.19 bits per heavy atom. The Hall–Kier alpha value is -1.99. The minimum atomic E-state index is -0.294. The number of hydrogen-bond donors (Lipinski definition) is 0. The van der Waals surface area contributed by atoms with Crippen LogP contribution in [0.1, 0.15) is 30.9 Å². The van der Waals surface area contributed by atoms with E-state index >= 15 is 0 Å². The molecule has 1 saturated heterocycles. The highest BCUT2D eigenvalue weighted by Crippen LogP contribution is 2.31. The van der Waals surface area contributed by atoms with Gasteiger partial charge in [0.05, 0.1) is 18.0 Å². The summed E-state index contributed by atoms with van der Waals surface area (Å²) < 4.78 is 14.1. The summed E-state index contributed by atoms with van der Waals surface area (Å²) >= 11 is 4.84. The van der Waals surface area contributed by atoms with Crippen LogP contribution in [0.3, 0.4) is 0 Å². The second-order valence-electron chi connectivity index (χ2n) is 6.12. The van der Waals surface area contributed by atoms with Gasteiger partial charge in [0.25, 0.3) is 0 Å². The number of benzene rings is 2. The smallest absolute Gasteiger partial charge is 0.242 e. The maximum Gasteiger partial charge on any atom is 0.242 e. The first-order valence-corrected chi connectivity index (χ1v) is 10.3. The number of amides is 1. The maximum atomic E-state index is 13.1. The highest BCUT2D eigenvalue weighted by molar-refractivity contribution is 9.10. The zero-order valence-corrected chi connectivity index (χ0v) is 17.2. The Morgan fingerprint density at radius 2 is 1.89 bits per heavy atom. The number of carbonyl (C=O) groups is 1. The lowest BCUT2D eigenvalue weighted by Crippen LogP contribution is -2.31. The van der Waals surface area contributed by atoms with E-state index in [0.717, 1.165) is 28.4 Å². The van der Waals surface area contributed by atoms with Crippen molar-refractivity contribution in [2.75, 3.05) is 0 Å². The first-order valence-electron chi connectivity index (χ1n) is 8.66. The lowest BCUT2D eigenvalue weighted by molar-refractivity contribution is -0.126. The molecular formula is C20H19BrFN3OS. The summed E-state index contributed by atoms with van der Waals surface area (Å²) in [7, 11) is 0. The zero-order chi connectivity index (χ0) is 19.2. The number of thioether (sulfide) groups is 1. The first kappa shape index (κ1) is 19.8. The molecule has 1 atom stereocenters. The Balaban J connectivity index is 1.79. The van der Waals surface area contributed by atoms with E-state index in [4.69, 9.17) is 0 Å². The third-order valence-corrected chi connectivity index (χ3v) is 5.81. The highest BCUT2D eigenvalue weighted by atomic mass is 79.9. The van der Waals surface area contributed by atoms with Gasteiger partial charge < -0.3 is 0 Å². The largest absolute Gasteiger partial charge is 0.284 e. The molecule has 1 aliphatic rings. The number of nitrogens with zero attached hydrogens (tertiary/aromatic N) is 3. The second-order valence-corrected chi connectivity index (χ2v) is 8.21. The maximum absolute atomic E-state index is 13.1. The molecule has 2 aromatic rings. The van der Waals surface area contributed by atoms with Gasteiger partial charge in [0.15, 0.2) is 5.17 Å². The summed E-state index contributed by atoms with van der Waals surface area (Å²) in [6.07, 6.45) is 3.37. The molecule has 1 fully saturated rings. The number of carbonyl (C=O) groups excluding carboxylic acids is 1. The number of hydrogen-bond acceptors (Lipinski definition) is 4. The van der Waals surface area contributed by atoms with Crippen molar-refractivity contribution in [1.82, 2.24) is 4.90 Å². The molecule has 1 amide bonds. The van der Waals surface area contributed by atoms with Gasteiger partial charge in [-0.1, -0.05) is 65.3 Å². The van der Waals surface area contributed by atoms with Gasteiger partial charge in [-0.3, -0.25) is 9.69 Å². The fourth-order valence-electron chi connectivity index (χ4n) is 2.64. The Morgan fingerprint density at radius 3 is 2.56 bits per heavy atom. The van der Waals surface area contributed by atoms with E-state index < -0.39 is 0 Å². The van der Waals surface area contributed by atoms with E-state index in [9.17, 15) is 9.18 Å². The van der Waals surface area contributed by atoms with Crippen molar-refractivity contribution < 1.29 is 9.18 Å². The molecule has 1 unspecified atom stereocenters. The van der Waals surface area contributed by atoms with Crippen LogP contribution in [0.2, 0.25) is 0 Å². The van der Waals surface area contributed by atoms with Crippen molar-refractivity contribution in [2.45, 2.75) is 31.6 Å². The summed E-state index contributed by atoms with van der Waals surface area (Å²) in [6.45, 7) is 2.41. The van der Waals surface area contributed by atoms with Gasteiger partial charge in [-0.05, 0) is 41.8 Å². The van der Waals surface area contributed by atoms with Crippen LogP contribution in [-0.2, 0) is 11.3 Å². The van der Waals surface area contributed by atoms with Crippen LogP contribution in [0.5, 0.6) is 0 Å². The molecule has 27 heavy (non-hydrogen) atoms. The number of amidine groups is 1. The molecule has 140 valence electrons. The van der Waals surface area contributed by atoms with Gasteiger partial charge in [0.1, 0.15) is 5.82 Å². The summed E-state index contributed by atoms with van der Waals surface area (Å²) in [5.41, 5.74) is 1.78. The third-order valence-electron chi connectivity index (χ3n) is 4.04. The zero-order valence-electron chi connectivity index (χ0n) is 14.8. The van der Waals surface area contributed by atoms with Crippen molar-refractivity contribution in [3.05, 3.63) is 69.9 Å². The lowest BCUT2D eigenvalue weighted by atomic mass is 10.2. The molecule has 0 bridgehead atoms. The predicted molar refractivity (Wildman–Crippen MR) is 112 cm³/mol. The summed E-state index contributed by atoms with van der Waals surface area (Å²) in [6, 6.07) is 13.9. The Labute approximate surface area is 170 Å². The molecule has 0 N–H and O–H groups in total. The summed E-state index contributed by atoms with van der Waals surface area (Å²) in [4.78, 5) is 14.4. The van der Waals surface area contributed by atoms with E-state index in [0.29, 0.717) is 11.7 Å². The second kappa shape index (κ2) is 9.28. The van der Waals surface area contributed by atoms with Crippen LogP contribution in [-0.4, -0.2) is 27.4 Å². The Kier molecular flexibility index (Phi) is 6.79. The van der Waals surface area contributed by atoms with Gasteiger partial charge >= 0.3 is 0 Å². The molecule has 0 aliphatic carbocycles. The summed E-state index contributed by atoms with van der Waals surface area (Å²) in [5, 5.41) is 8.89. The molecule has 4 nitrogen and oxygen atoms in total. The van der Waals surface area contributed by atoms with Crippen molar-refractivity contribution in [3.8, 4) is 0 Å². The molecule has 2 aromatic carbocycles. The molecule has 3 rings (SSSR count). The molecular weight excluding hydrogens is 429 g/mol. The SMILES string of the molecule is CCCC1SC(=NN=Cc2ccc(Br)cc2)N(Cc2ccc(F)cc2)C1=O. The fourth-order valence-corrected chi connectivity index (χ4v) is 4.12. The lowest BCUT2D eigenvalue weighted by Gasteiger charge is -2.15. The van der Waals surface area contributed by atoms with Crippen LogP contribution in [0, 0.1) is 5.82 Å². The van der Waals surface area contributed by atoms with Crippen LogP contribution >= 0.6 is 27.7 Å². The average molecular weight is 448 g/mol. The quantitative estimate of drug-likeness (QED) is 0.449. The van der Waals surface area contributed by atoms with Crippen LogP contribution < -0.4 is 0 Å². The van der Waals surface area contributed by atoms with E-state index in [2.05, 4.69) is 33.1 Å². The number of halogens is 2. The molecule has 1 aliphatic heterocycles. The molecule has 7 heteroatoms. The third kappa shape index (κ3) is 5.26. The molecule has 0 saturated carbocycles. The molecule has 1 heterocycles. The van der Waals surface area contributed by atoms with Gasteiger partial charge in [-0.15, -0.1) is 5.10 Å². The van der Waals surface area contributed by atoms with Gasteiger partial charge in [-0.2, -0.15) is 5.10 Å². The van der Waals surface area contributed by atoms with Crippen molar-refractivity contribution >= 4 is 45.0 Å². The Bertz CT molecular complexity index is 853. The van der Waals surface area contributed by atoms with E-state index in [1.165, 1.54) is 23.9 Å². The summed E-state index contributed by atoms with van der Waals surface area (Å²) in [5.74, 6) is -0.263. The minimum absolute atomic E-state index is 0.0313. The molecule has 0 radical (unpaired) electrons. The van der Waals surface area contributed by atoms with Gasteiger partial charge in [-0.25, -0.2) is 4.39 Å². The topological polar surface area (TPSA) is 45.0 Å². The van der Waals surface area contributed by atoms with Crippen LogP contribution in [0.4, 0.5) is 4.39 Å². The van der Waals surface area contributed by atoms with Crippen molar-refractivity contribution in [3.63, 3.8) is 0 Å². The first-order chi connectivity index (χ1) is 13.1. The van der Waals surface area contributed by atoms with Crippen molar-refractivity contribution in [2.24, 2.45) is 10.2 Å². The van der Waals surface area contributed by atoms with Gasteiger partial charge in [0, 0.05) is 4.47 Å². The molecule has 0 spiro atoms. The number of rotatable bonds is 6. The minimum Gasteiger partial charge on any atom is -0.284 e. The predicted octanol–water partition coefficient (Wildman–Crippen LogP) is 5.22. The molecule has 0 aromatic heterocycles. The van der Waals surface area contributed by atoms with Gasteiger partial charge in [0.2, 0.25) is 5.91 Å².